The second-order valence-corrected chi connectivity index (χ2v) is 11.8. The summed E-state index contributed by atoms with van der Waals surface area (Å²) in [5.41, 5.74) is 0.276. The predicted molar refractivity (Wildman–Crippen MR) is 118 cm³/mol. The van der Waals surface area contributed by atoms with Crippen molar-refractivity contribution in [2.45, 2.75) is 63.2 Å². The van der Waals surface area contributed by atoms with E-state index in [1.54, 1.807) is 12.1 Å². The molecule has 0 aliphatic carbocycles. The molecule has 10 heteroatoms. The third-order valence-electron chi connectivity index (χ3n) is 5.52. The Morgan fingerprint density at radius 2 is 1.77 bits per heavy atom. The highest BCUT2D eigenvalue weighted by atomic mass is 32.2. The molecule has 2 aromatic rings. The Kier molecular flexibility index (Phi) is 7.12. The minimum Gasteiger partial charge on any atom is -0.494 e. The monoisotopic (exact) mass is 469 g/mol. The number of aromatic nitrogens is 2. The van der Waals surface area contributed by atoms with E-state index in [4.69, 9.17) is 4.74 Å². The van der Waals surface area contributed by atoms with Crippen LogP contribution in [0.4, 0.5) is 0 Å². The molecule has 1 aromatic heterocycles. The maximum atomic E-state index is 13.3. The standard InChI is InChI=1S/C21H31N3O5S2/c1-5-6-14-29-19-9-11-20(12-10-19)30(25,26)24-18(4)21(17(3)22-24)31(27,28)23-13-7-8-16(2)15-23/h9-12,16H,5-8,13-15H2,1-4H3. The van der Waals surface area contributed by atoms with E-state index in [1.807, 2.05) is 6.92 Å². The average Bonchev–Trinajstić information content (AvgIpc) is 3.04. The van der Waals surface area contributed by atoms with Gasteiger partial charge in [-0.2, -0.15) is 21.9 Å². The lowest BCUT2D eigenvalue weighted by Crippen LogP contribution is -2.39. The van der Waals surface area contributed by atoms with E-state index in [0.29, 0.717) is 25.4 Å². The molecular weight excluding hydrogens is 438 g/mol. The quantitative estimate of drug-likeness (QED) is 0.550. The maximum Gasteiger partial charge on any atom is 0.283 e. The molecule has 1 aliphatic rings. The van der Waals surface area contributed by atoms with Crippen LogP contribution in [0.15, 0.2) is 34.1 Å². The van der Waals surface area contributed by atoms with Crippen molar-refractivity contribution in [1.82, 2.24) is 13.5 Å². The van der Waals surface area contributed by atoms with E-state index in [2.05, 4.69) is 12.0 Å². The first-order chi connectivity index (χ1) is 14.6. The normalized spacial score (nSPS) is 18.3. The summed E-state index contributed by atoms with van der Waals surface area (Å²) in [7, 11) is -7.88. The minimum absolute atomic E-state index is 0.0234. The lowest BCUT2D eigenvalue weighted by molar-refractivity contribution is 0.281. The van der Waals surface area contributed by atoms with Crippen molar-refractivity contribution in [3.05, 3.63) is 35.7 Å². The number of aryl methyl sites for hydroxylation is 1. The molecule has 1 fully saturated rings. The fraction of sp³-hybridized carbons (Fsp3) is 0.571. The molecule has 2 heterocycles. The van der Waals surface area contributed by atoms with Crippen LogP contribution in [-0.2, 0) is 20.0 Å². The van der Waals surface area contributed by atoms with Gasteiger partial charge in [0.1, 0.15) is 10.6 Å². The summed E-state index contributed by atoms with van der Waals surface area (Å²) in [4.78, 5) is 0.00109. The van der Waals surface area contributed by atoms with Crippen molar-refractivity contribution in [2.75, 3.05) is 19.7 Å². The van der Waals surface area contributed by atoms with Crippen LogP contribution in [0.25, 0.3) is 0 Å². The van der Waals surface area contributed by atoms with Gasteiger partial charge in [0.15, 0.2) is 0 Å². The second-order valence-electron chi connectivity index (χ2n) is 8.13. The molecule has 0 spiro atoms. The number of unbranched alkanes of at least 4 members (excludes halogenated alkanes) is 1. The van der Waals surface area contributed by atoms with Gasteiger partial charge in [0, 0.05) is 13.1 Å². The van der Waals surface area contributed by atoms with Crippen molar-refractivity contribution in [1.29, 1.82) is 0 Å². The Hall–Kier alpha value is -1.91. The number of nitrogens with zero attached hydrogens (tertiary/aromatic N) is 3. The summed E-state index contributed by atoms with van der Waals surface area (Å²) in [5.74, 6) is 0.851. The van der Waals surface area contributed by atoms with Crippen molar-refractivity contribution < 1.29 is 21.6 Å². The molecule has 0 N–H and O–H groups in total. The van der Waals surface area contributed by atoms with Crippen LogP contribution >= 0.6 is 0 Å². The van der Waals surface area contributed by atoms with Gasteiger partial charge in [0.25, 0.3) is 10.0 Å². The van der Waals surface area contributed by atoms with Gasteiger partial charge in [0.05, 0.1) is 22.9 Å². The second kappa shape index (κ2) is 9.30. The van der Waals surface area contributed by atoms with Gasteiger partial charge in [-0.3, -0.25) is 0 Å². The molecule has 1 aromatic carbocycles. The van der Waals surface area contributed by atoms with Crippen molar-refractivity contribution in [3.8, 4) is 5.75 Å². The topological polar surface area (TPSA) is 98.6 Å². The van der Waals surface area contributed by atoms with Gasteiger partial charge in [-0.25, -0.2) is 8.42 Å². The number of hydrogen-bond donors (Lipinski definition) is 0. The highest BCUT2D eigenvalue weighted by Crippen LogP contribution is 2.29. The number of hydrogen-bond acceptors (Lipinski definition) is 6. The van der Waals surface area contributed by atoms with E-state index in [1.165, 1.54) is 30.3 Å². The first-order valence-electron chi connectivity index (χ1n) is 10.6. The van der Waals surface area contributed by atoms with Crippen LogP contribution in [0.2, 0.25) is 0 Å². The summed E-state index contributed by atoms with van der Waals surface area (Å²) in [5, 5.41) is 4.11. The predicted octanol–water partition coefficient (Wildman–Crippen LogP) is 3.34. The SMILES string of the molecule is CCCCOc1ccc(S(=O)(=O)n2nc(C)c(S(=O)(=O)N3CCCC(C)C3)c2C)cc1. The van der Waals surface area contributed by atoms with E-state index in [0.717, 1.165) is 29.8 Å². The molecule has 1 saturated heterocycles. The highest BCUT2D eigenvalue weighted by Gasteiger charge is 2.35. The Labute approximate surface area is 185 Å². The molecular formula is C21H31N3O5S2. The molecule has 1 atom stereocenters. The maximum absolute atomic E-state index is 13.3. The molecule has 1 aliphatic heterocycles. The third kappa shape index (κ3) is 4.80. The average molecular weight is 470 g/mol. The van der Waals surface area contributed by atoms with Gasteiger partial charge in [0.2, 0.25) is 10.0 Å². The van der Waals surface area contributed by atoms with E-state index in [-0.39, 0.29) is 27.1 Å². The van der Waals surface area contributed by atoms with Crippen LogP contribution < -0.4 is 4.74 Å². The fourth-order valence-corrected chi connectivity index (χ4v) is 7.22. The zero-order valence-corrected chi connectivity index (χ0v) is 20.2. The van der Waals surface area contributed by atoms with Crippen LogP contribution in [-0.4, -0.2) is 50.0 Å². The van der Waals surface area contributed by atoms with E-state index >= 15 is 0 Å². The number of rotatable bonds is 8. The summed E-state index contributed by atoms with van der Waals surface area (Å²) in [6.07, 6.45) is 3.69. The summed E-state index contributed by atoms with van der Waals surface area (Å²) >= 11 is 0. The number of sulfonamides is 1. The largest absolute Gasteiger partial charge is 0.494 e. The first kappa shape index (κ1) is 23.7. The van der Waals surface area contributed by atoms with Crippen molar-refractivity contribution in [2.24, 2.45) is 5.92 Å². The van der Waals surface area contributed by atoms with Crippen LogP contribution in [0, 0.1) is 19.8 Å². The van der Waals surface area contributed by atoms with Crippen LogP contribution in [0.5, 0.6) is 5.75 Å². The summed E-state index contributed by atoms with van der Waals surface area (Å²) < 4.78 is 60.8. The lowest BCUT2D eigenvalue weighted by atomic mass is 10.0. The van der Waals surface area contributed by atoms with Crippen molar-refractivity contribution in [3.63, 3.8) is 0 Å². The van der Waals surface area contributed by atoms with Gasteiger partial charge in [-0.05, 0) is 63.3 Å². The van der Waals surface area contributed by atoms with E-state index < -0.39 is 20.0 Å². The highest BCUT2D eigenvalue weighted by molar-refractivity contribution is 7.90. The fourth-order valence-electron chi connectivity index (χ4n) is 3.85. The third-order valence-corrected chi connectivity index (χ3v) is 9.32. The molecule has 3 rings (SSSR count). The molecule has 31 heavy (non-hydrogen) atoms. The molecule has 1 unspecified atom stereocenters. The molecule has 0 radical (unpaired) electrons. The molecule has 172 valence electrons. The number of ether oxygens (including phenoxy) is 1. The van der Waals surface area contributed by atoms with Gasteiger partial charge in [-0.15, -0.1) is 0 Å². The number of benzene rings is 1. The van der Waals surface area contributed by atoms with Gasteiger partial charge in [-0.1, -0.05) is 20.3 Å². The summed E-state index contributed by atoms with van der Waals surface area (Å²) in [6.45, 7) is 8.53. The van der Waals surface area contributed by atoms with Crippen LogP contribution in [0.1, 0.15) is 50.9 Å². The summed E-state index contributed by atoms with van der Waals surface area (Å²) in [6, 6.07) is 6.10. The van der Waals surface area contributed by atoms with E-state index in [9.17, 15) is 16.8 Å². The molecule has 0 saturated carbocycles. The first-order valence-corrected chi connectivity index (χ1v) is 13.5. The minimum atomic E-state index is -4.05. The Balaban J connectivity index is 1.93. The zero-order chi connectivity index (χ0) is 22.8. The number of piperidine rings is 1. The Morgan fingerprint density at radius 1 is 1.10 bits per heavy atom. The molecule has 8 nitrogen and oxygen atoms in total. The molecule has 0 amide bonds. The van der Waals surface area contributed by atoms with Gasteiger partial charge >= 0.3 is 0 Å². The van der Waals surface area contributed by atoms with Crippen molar-refractivity contribution >= 4 is 20.0 Å². The van der Waals surface area contributed by atoms with Gasteiger partial charge < -0.3 is 4.74 Å². The zero-order valence-electron chi connectivity index (χ0n) is 18.5. The Bertz CT molecular complexity index is 1120. The Morgan fingerprint density at radius 3 is 2.39 bits per heavy atom. The molecule has 0 bridgehead atoms. The lowest BCUT2D eigenvalue weighted by Gasteiger charge is -2.30. The smallest absolute Gasteiger partial charge is 0.283 e. The van der Waals surface area contributed by atoms with Crippen LogP contribution in [0.3, 0.4) is 0 Å².